The van der Waals surface area contributed by atoms with Gasteiger partial charge in [0, 0.05) is 0 Å². The first-order valence-corrected chi connectivity index (χ1v) is 0. The molecule has 0 nitrogen and oxygen atoms in total. The van der Waals surface area contributed by atoms with Gasteiger partial charge in [-0.05, 0) is 0 Å². The third kappa shape index (κ3) is 26.6. The maximum Gasteiger partial charge on any atom is 1.00 e. The van der Waals surface area contributed by atoms with Crippen LogP contribution in [0.4, 0.5) is 0 Å². The van der Waals surface area contributed by atoms with Gasteiger partial charge < -0.3 is 53.4 Å². The van der Waals surface area contributed by atoms with Gasteiger partial charge >= 0.3 is 56.6 Å². The summed E-state index contributed by atoms with van der Waals surface area (Å²) in [7, 11) is 0. The molecule has 0 amide bonds. The molecule has 0 fully saturated rings. The minimum Gasteiger partial charge on any atom is -1.00 e. The molecule has 0 aromatic heterocycles. The van der Waals surface area contributed by atoms with Gasteiger partial charge in [0.05, 0.1) is 0 Å². The van der Waals surface area contributed by atoms with E-state index in [-0.39, 0.29) is 110 Å². The Morgan fingerprint density at radius 3 is 0.667 bits per heavy atom. The normalized spacial score (nSPS) is 0. The quantitative estimate of drug-likeness (QED) is 0.301. The topological polar surface area (TPSA) is 0 Å². The SMILES string of the molecule is [Br-].[Cl-].[I-].[Li+].[Li+].[Li+]. The number of hydrogen-bond donors (Lipinski definition) is 0. The van der Waals surface area contributed by atoms with Crippen molar-refractivity contribution in [2.45, 2.75) is 0 Å². The smallest absolute Gasteiger partial charge is 1.00 e. The Hall–Kier alpha value is 3.29. The van der Waals surface area contributed by atoms with Crippen LogP contribution in [0.2, 0.25) is 0 Å². The first-order chi connectivity index (χ1) is 0. The molecule has 0 atom stereocenters. The van der Waals surface area contributed by atoms with Crippen molar-refractivity contribution in [1.82, 2.24) is 0 Å². The van der Waals surface area contributed by atoms with Crippen molar-refractivity contribution in [2.24, 2.45) is 0 Å². The van der Waals surface area contributed by atoms with Crippen LogP contribution < -0.4 is 110 Å². The molecule has 24 valence electrons. The maximum atomic E-state index is 0. The second kappa shape index (κ2) is 40.7. The number of hydrogen-bond acceptors (Lipinski definition) is 0. The molecule has 0 aromatic carbocycles. The van der Waals surface area contributed by atoms with Crippen LogP contribution in [0.15, 0.2) is 0 Å². The number of rotatable bonds is 0. The molecule has 0 saturated carbocycles. The standard InChI is InChI=1S/BrH.ClH.HI.3Li/h3*1H;;;/q;;;3*+1/p-3. The van der Waals surface area contributed by atoms with Crippen molar-refractivity contribution < 1.29 is 110 Å². The van der Waals surface area contributed by atoms with Gasteiger partial charge in [-0.15, -0.1) is 0 Å². The molecular formula is BrClILi3. The minimum atomic E-state index is 0. The third-order valence-electron chi connectivity index (χ3n) is 0. The second-order valence-corrected chi connectivity index (χ2v) is 0. The van der Waals surface area contributed by atoms with E-state index in [9.17, 15) is 0 Å². The van der Waals surface area contributed by atoms with Crippen molar-refractivity contribution in [1.29, 1.82) is 0 Å². The Bertz CT molecular complexity index is 10.8. The summed E-state index contributed by atoms with van der Waals surface area (Å²) in [5, 5.41) is 0. The monoisotopic (exact) mass is 262 g/mol. The summed E-state index contributed by atoms with van der Waals surface area (Å²) in [6.45, 7) is 0. The Morgan fingerprint density at radius 2 is 0.667 bits per heavy atom. The molecule has 0 rings (SSSR count). The molecule has 0 radical (unpaired) electrons. The molecule has 6 heavy (non-hydrogen) atoms. The maximum absolute atomic E-state index is 0. The van der Waals surface area contributed by atoms with E-state index in [0.717, 1.165) is 0 Å². The summed E-state index contributed by atoms with van der Waals surface area (Å²) in [4.78, 5) is 0. The Kier molecular flexibility index (Phi) is 400. The molecule has 0 heterocycles. The van der Waals surface area contributed by atoms with Gasteiger partial charge in [-0.25, -0.2) is 0 Å². The van der Waals surface area contributed by atoms with Crippen LogP contribution >= 0.6 is 0 Å². The molecule has 0 saturated heterocycles. The first kappa shape index (κ1) is 59.0. The summed E-state index contributed by atoms with van der Waals surface area (Å²) in [5.41, 5.74) is 0. The molecular weight excluding hydrogens is 263 g/mol. The minimum absolute atomic E-state index is 0. The van der Waals surface area contributed by atoms with Crippen molar-refractivity contribution in [3.05, 3.63) is 0 Å². The zero-order valence-electron chi connectivity index (χ0n) is 4.13. The molecule has 0 aromatic rings. The van der Waals surface area contributed by atoms with Gasteiger partial charge in [0.25, 0.3) is 0 Å². The fourth-order valence-corrected chi connectivity index (χ4v) is 0. The van der Waals surface area contributed by atoms with Crippen molar-refractivity contribution in [3.63, 3.8) is 0 Å². The summed E-state index contributed by atoms with van der Waals surface area (Å²) >= 11 is 0. The molecule has 0 unspecified atom stereocenters. The van der Waals surface area contributed by atoms with E-state index < -0.39 is 0 Å². The number of halogens is 3. The van der Waals surface area contributed by atoms with Gasteiger partial charge in [-0.1, -0.05) is 0 Å². The van der Waals surface area contributed by atoms with Crippen LogP contribution in [-0.4, -0.2) is 0 Å². The predicted molar refractivity (Wildman–Crippen MR) is 0 cm³/mol. The van der Waals surface area contributed by atoms with Gasteiger partial charge in [-0.3, -0.25) is 0 Å². The van der Waals surface area contributed by atoms with E-state index in [1.54, 1.807) is 0 Å². The van der Waals surface area contributed by atoms with Crippen LogP contribution in [0.3, 0.4) is 0 Å². The van der Waals surface area contributed by atoms with Crippen LogP contribution in [0, 0.1) is 0 Å². The van der Waals surface area contributed by atoms with Crippen LogP contribution in [0.25, 0.3) is 0 Å². The molecule has 0 aliphatic rings. The summed E-state index contributed by atoms with van der Waals surface area (Å²) in [6, 6.07) is 0. The van der Waals surface area contributed by atoms with E-state index in [1.807, 2.05) is 0 Å². The average Bonchev–Trinajstić information content (AvgIpc) is 0. The molecule has 6 heteroatoms. The molecule has 0 aliphatic carbocycles. The van der Waals surface area contributed by atoms with Crippen molar-refractivity contribution in [2.75, 3.05) is 0 Å². The zero-order valence-corrected chi connectivity index (χ0v) is 8.63. The van der Waals surface area contributed by atoms with E-state index in [2.05, 4.69) is 0 Å². The zero-order chi connectivity index (χ0) is 0. The summed E-state index contributed by atoms with van der Waals surface area (Å²) in [5.74, 6) is 0. The van der Waals surface area contributed by atoms with E-state index in [0.29, 0.717) is 0 Å². The summed E-state index contributed by atoms with van der Waals surface area (Å²) < 4.78 is 0. The largest absolute Gasteiger partial charge is 1.00 e. The molecule has 0 bridgehead atoms. The first-order valence-electron chi connectivity index (χ1n) is 0. The molecule has 0 N–H and O–H groups in total. The van der Waals surface area contributed by atoms with E-state index in [1.165, 1.54) is 0 Å². The molecule has 0 spiro atoms. The second-order valence-electron chi connectivity index (χ2n) is 0. The molecule has 0 aliphatic heterocycles. The van der Waals surface area contributed by atoms with Gasteiger partial charge in [0.2, 0.25) is 0 Å². The van der Waals surface area contributed by atoms with Crippen LogP contribution in [0.5, 0.6) is 0 Å². The third-order valence-corrected chi connectivity index (χ3v) is 0. The fraction of sp³-hybridized carbons (Fsp3) is 0. The Morgan fingerprint density at radius 1 is 0.667 bits per heavy atom. The van der Waals surface area contributed by atoms with E-state index >= 15 is 0 Å². The van der Waals surface area contributed by atoms with Gasteiger partial charge in [-0.2, -0.15) is 0 Å². The van der Waals surface area contributed by atoms with Crippen molar-refractivity contribution >= 4 is 0 Å². The Labute approximate surface area is 108 Å². The average molecular weight is 263 g/mol. The Balaban J connectivity index is 0. The predicted octanol–water partition coefficient (Wildman–Crippen LogP) is -18.0. The van der Waals surface area contributed by atoms with E-state index in [4.69, 9.17) is 0 Å². The fourth-order valence-electron chi connectivity index (χ4n) is 0. The van der Waals surface area contributed by atoms with Gasteiger partial charge in [0.15, 0.2) is 0 Å². The van der Waals surface area contributed by atoms with Gasteiger partial charge in [0.1, 0.15) is 0 Å². The van der Waals surface area contributed by atoms with Crippen LogP contribution in [0.1, 0.15) is 0 Å². The van der Waals surface area contributed by atoms with Crippen LogP contribution in [-0.2, 0) is 0 Å². The summed E-state index contributed by atoms with van der Waals surface area (Å²) in [6.07, 6.45) is 0. The van der Waals surface area contributed by atoms with Crippen molar-refractivity contribution in [3.8, 4) is 0 Å².